The molecule has 3 heteroatoms. The van der Waals surface area contributed by atoms with Crippen LogP contribution in [0.5, 0.6) is 0 Å². The van der Waals surface area contributed by atoms with E-state index in [1.165, 1.54) is 43.2 Å². The van der Waals surface area contributed by atoms with E-state index < -0.39 is 0 Å². The van der Waals surface area contributed by atoms with Gasteiger partial charge < -0.3 is 9.64 Å². The number of ether oxygens (including phenoxy) is 1. The molecule has 2 fully saturated rings. The first-order chi connectivity index (χ1) is 11.2. The summed E-state index contributed by atoms with van der Waals surface area (Å²) in [4.78, 5) is 14.6. The first kappa shape index (κ1) is 16.5. The molecule has 3 nitrogen and oxygen atoms in total. The van der Waals surface area contributed by atoms with Gasteiger partial charge in [-0.1, -0.05) is 61.9 Å². The summed E-state index contributed by atoms with van der Waals surface area (Å²) in [6.45, 7) is 4.18. The van der Waals surface area contributed by atoms with E-state index in [1.54, 1.807) is 0 Å². The van der Waals surface area contributed by atoms with Gasteiger partial charge in [0.05, 0.1) is 13.2 Å². The second-order valence-electron chi connectivity index (χ2n) is 7.15. The molecule has 0 N–H and O–H groups in total. The number of aryl methyl sites for hydroxylation is 1. The van der Waals surface area contributed by atoms with E-state index in [9.17, 15) is 4.79 Å². The van der Waals surface area contributed by atoms with Gasteiger partial charge in [0.1, 0.15) is 6.10 Å². The van der Waals surface area contributed by atoms with Crippen LogP contribution in [0.15, 0.2) is 24.3 Å². The average molecular weight is 315 g/mol. The standard InChI is InChI=1S/C20H29NO2/c1-16-7-10-18(11-8-16)19-15-21(13-14-23-19)20(22)12-9-17-5-3-2-4-6-17/h7-8,10-11,17,19H,2-6,9,12-15H2,1H3. The molecule has 1 heterocycles. The fourth-order valence-electron chi connectivity index (χ4n) is 3.82. The van der Waals surface area contributed by atoms with Crippen LogP contribution < -0.4 is 0 Å². The largest absolute Gasteiger partial charge is 0.370 e. The average Bonchev–Trinajstić information content (AvgIpc) is 2.61. The summed E-state index contributed by atoms with van der Waals surface area (Å²) in [5.41, 5.74) is 2.44. The predicted octanol–water partition coefficient (Wildman–Crippen LogP) is 4.26. The van der Waals surface area contributed by atoms with Crippen LogP contribution in [0.3, 0.4) is 0 Å². The van der Waals surface area contributed by atoms with Crippen LogP contribution in [0.4, 0.5) is 0 Å². The highest BCUT2D eigenvalue weighted by atomic mass is 16.5. The third-order valence-corrected chi connectivity index (χ3v) is 5.36. The van der Waals surface area contributed by atoms with Gasteiger partial charge in [0.15, 0.2) is 0 Å². The van der Waals surface area contributed by atoms with E-state index in [4.69, 9.17) is 4.74 Å². The van der Waals surface area contributed by atoms with Crippen molar-refractivity contribution in [3.8, 4) is 0 Å². The summed E-state index contributed by atoms with van der Waals surface area (Å²) >= 11 is 0. The number of rotatable bonds is 4. The fourth-order valence-corrected chi connectivity index (χ4v) is 3.82. The van der Waals surface area contributed by atoms with Crippen LogP contribution in [0.2, 0.25) is 0 Å². The number of morpholine rings is 1. The van der Waals surface area contributed by atoms with Gasteiger partial charge in [0.25, 0.3) is 0 Å². The minimum atomic E-state index is 0.0305. The second kappa shape index (κ2) is 7.96. The normalized spacial score (nSPS) is 23.0. The monoisotopic (exact) mass is 315 g/mol. The van der Waals surface area contributed by atoms with Crippen molar-refractivity contribution in [2.24, 2.45) is 5.92 Å². The SMILES string of the molecule is Cc1ccc(C2CN(C(=O)CCC3CCCCC3)CCO2)cc1. The van der Waals surface area contributed by atoms with Gasteiger partial charge in [-0.3, -0.25) is 4.79 Å². The molecule has 0 aromatic heterocycles. The van der Waals surface area contributed by atoms with Gasteiger partial charge in [0.2, 0.25) is 5.91 Å². The zero-order chi connectivity index (χ0) is 16.1. The van der Waals surface area contributed by atoms with Crippen molar-refractivity contribution in [3.05, 3.63) is 35.4 Å². The molecule has 1 aromatic rings. The number of carbonyl (C=O) groups excluding carboxylic acids is 1. The number of amides is 1. The van der Waals surface area contributed by atoms with Gasteiger partial charge in [-0.15, -0.1) is 0 Å². The minimum absolute atomic E-state index is 0.0305. The molecule has 1 aromatic carbocycles. The lowest BCUT2D eigenvalue weighted by Crippen LogP contribution is -2.42. The maximum Gasteiger partial charge on any atom is 0.222 e. The molecule has 126 valence electrons. The Balaban J connectivity index is 1.51. The van der Waals surface area contributed by atoms with E-state index in [1.807, 2.05) is 4.90 Å². The molecule has 1 saturated heterocycles. The minimum Gasteiger partial charge on any atom is -0.370 e. The third kappa shape index (κ3) is 4.57. The van der Waals surface area contributed by atoms with Gasteiger partial charge in [-0.25, -0.2) is 0 Å². The Hall–Kier alpha value is -1.35. The number of benzene rings is 1. The maximum absolute atomic E-state index is 12.5. The lowest BCUT2D eigenvalue weighted by molar-refractivity contribution is -0.139. The maximum atomic E-state index is 12.5. The molecule has 1 saturated carbocycles. The molecule has 3 rings (SSSR count). The molecule has 1 aliphatic heterocycles. The highest BCUT2D eigenvalue weighted by Crippen LogP contribution is 2.28. The van der Waals surface area contributed by atoms with Crippen molar-refractivity contribution in [1.82, 2.24) is 4.90 Å². The Morgan fingerprint density at radius 2 is 1.91 bits per heavy atom. The summed E-state index contributed by atoms with van der Waals surface area (Å²) in [5.74, 6) is 1.10. The number of hydrogen-bond donors (Lipinski definition) is 0. The van der Waals surface area contributed by atoms with Crippen LogP contribution >= 0.6 is 0 Å². The molecular formula is C20H29NO2. The Morgan fingerprint density at radius 3 is 2.65 bits per heavy atom. The lowest BCUT2D eigenvalue weighted by atomic mass is 9.86. The zero-order valence-corrected chi connectivity index (χ0v) is 14.3. The Morgan fingerprint density at radius 1 is 1.17 bits per heavy atom. The third-order valence-electron chi connectivity index (χ3n) is 5.36. The van der Waals surface area contributed by atoms with E-state index in [2.05, 4.69) is 31.2 Å². The molecule has 1 unspecified atom stereocenters. The fraction of sp³-hybridized carbons (Fsp3) is 0.650. The highest BCUT2D eigenvalue weighted by Gasteiger charge is 2.25. The molecule has 0 radical (unpaired) electrons. The molecular weight excluding hydrogens is 286 g/mol. The van der Waals surface area contributed by atoms with Crippen LogP contribution in [0.1, 0.15) is 62.2 Å². The van der Waals surface area contributed by atoms with Crippen molar-refractivity contribution in [2.45, 2.75) is 58.0 Å². The predicted molar refractivity (Wildman–Crippen MR) is 92.3 cm³/mol. The van der Waals surface area contributed by atoms with Gasteiger partial charge >= 0.3 is 0 Å². The summed E-state index contributed by atoms with van der Waals surface area (Å²) < 4.78 is 5.88. The van der Waals surface area contributed by atoms with E-state index >= 15 is 0 Å². The molecule has 1 atom stereocenters. The number of carbonyl (C=O) groups is 1. The Labute approximate surface area is 140 Å². The van der Waals surface area contributed by atoms with Gasteiger partial charge in [0, 0.05) is 13.0 Å². The molecule has 2 aliphatic rings. The second-order valence-corrected chi connectivity index (χ2v) is 7.15. The van der Waals surface area contributed by atoms with Gasteiger partial charge in [-0.05, 0) is 24.8 Å². The summed E-state index contributed by atoms with van der Waals surface area (Å²) in [6, 6.07) is 8.47. The van der Waals surface area contributed by atoms with Gasteiger partial charge in [-0.2, -0.15) is 0 Å². The van der Waals surface area contributed by atoms with Crippen molar-refractivity contribution in [2.75, 3.05) is 19.7 Å². The molecule has 1 aliphatic carbocycles. The van der Waals surface area contributed by atoms with Crippen LogP contribution in [0.25, 0.3) is 0 Å². The van der Waals surface area contributed by atoms with Crippen LogP contribution in [-0.2, 0) is 9.53 Å². The van der Waals surface area contributed by atoms with E-state index in [0.29, 0.717) is 25.5 Å². The van der Waals surface area contributed by atoms with Crippen molar-refractivity contribution >= 4 is 5.91 Å². The summed E-state index contributed by atoms with van der Waals surface area (Å²) in [6.07, 6.45) is 8.55. The van der Waals surface area contributed by atoms with Crippen LogP contribution in [0, 0.1) is 12.8 Å². The first-order valence-corrected chi connectivity index (χ1v) is 9.18. The smallest absolute Gasteiger partial charge is 0.222 e. The Bertz CT molecular complexity index is 505. The zero-order valence-electron chi connectivity index (χ0n) is 14.3. The summed E-state index contributed by atoms with van der Waals surface area (Å²) in [5, 5.41) is 0. The van der Waals surface area contributed by atoms with Crippen LogP contribution in [-0.4, -0.2) is 30.5 Å². The lowest BCUT2D eigenvalue weighted by Gasteiger charge is -2.33. The Kier molecular flexibility index (Phi) is 5.71. The molecule has 1 amide bonds. The van der Waals surface area contributed by atoms with Crippen molar-refractivity contribution in [3.63, 3.8) is 0 Å². The first-order valence-electron chi connectivity index (χ1n) is 9.18. The van der Waals surface area contributed by atoms with E-state index in [0.717, 1.165) is 18.9 Å². The number of hydrogen-bond acceptors (Lipinski definition) is 2. The van der Waals surface area contributed by atoms with Crippen molar-refractivity contribution < 1.29 is 9.53 Å². The molecule has 0 spiro atoms. The highest BCUT2D eigenvalue weighted by molar-refractivity contribution is 5.76. The number of nitrogens with zero attached hydrogens (tertiary/aromatic N) is 1. The van der Waals surface area contributed by atoms with Crippen molar-refractivity contribution in [1.29, 1.82) is 0 Å². The topological polar surface area (TPSA) is 29.5 Å². The van der Waals surface area contributed by atoms with E-state index in [-0.39, 0.29) is 6.10 Å². The summed E-state index contributed by atoms with van der Waals surface area (Å²) in [7, 11) is 0. The molecule has 0 bridgehead atoms. The molecule has 23 heavy (non-hydrogen) atoms. The quantitative estimate of drug-likeness (QED) is 0.831.